The molecule has 0 radical (unpaired) electrons. The summed E-state index contributed by atoms with van der Waals surface area (Å²) in [5, 5.41) is 0. The standard InChI is InChI=1S/C16H34P.ClH/c1-3-5-7-8-9-10-14-17(13-6-4-2)15-11-12-16-17;/h3-16H2,1-2H3;1H/q+1;/p-1. The third-order valence-electron chi connectivity index (χ3n) is 4.49. The van der Waals surface area contributed by atoms with Crippen LogP contribution in [0.5, 0.6) is 0 Å². The van der Waals surface area contributed by atoms with Gasteiger partial charge >= 0.3 is 0 Å². The Hall–Kier alpha value is 0.720. The number of unbranched alkanes of at least 4 members (excludes halogenated alkanes) is 6. The Morgan fingerprint density at radius 1 is 0.667 bits per heavy atom. The molecule has 1 fully saturated rings. The maximum atomic E-state index is 2.36. The van der Waals surface area contributed by atoms with Gasteiger partial charge in [-0.25, -0.2) is 0 Å². The van der Waals surface area contributed by atoms with Crippen LogP contribution in [0.2, 0.25) is 0 Å². The molecule has 1 heterocycles. The van der Waals surface area contributed by atoms with Crippen LogP contribution in [0.3, 0.4) is 0 Å². The van der Waals surface area contributed by atoms with Gasteiger partial charge in [-0.15, -0.1) is 0 Å². The summed E-state index contributed by atoms with van der Waals surface area (Å²) in [5.41, 5.74) is 0. The molecule has 0 N–H and O–H groups in total. The summed E-state index contributed by atoms with van der Waals surface area (Å²) in [7, 11) is -0.419. The van der Waals surface area contributed by atoms with Crippen LogP contribution in [0.25, 0.3) is 0 Å². The van der Waals surface area contributed by atoms with Gasteiger partial charge < -0.3 is 12.4 Å². The van der Waals surface area contributed by atoms with E-state index in [4.69, 9.17) is 0 Å². The van der Waals surface area contributed by atoms with Gasteiger partial charge in [0.05, 0.1) is 24.6 Å². The topological polar surface area (TPSA) is 0 Å². The normalized spacial score (nSPS) is 17.7. The molecule has 0 bridgehead atoms. The van der Waals surface area contributed by atoms with E-state index in [0.29, 0.717) is 0 Å². The lowest BCUT2D eigenvalue weighted by molar-refractivity contribution is -0.00000388. The van der Waals surface area contributed by atoms with Gasteiger partial charge in [-0.2, -0.15) is 0 Å². The number of hydrogen-bond donors (Lipinski definition) is 0. The van der Waals surface area contributed by atoms with Crippen molar-refractivity contribution < 1.29 is 12.4 Å². The summed E-state index contributed by atoms with van der Waals surface area (Å²) in [6.07, 6.45) is 21.6. The summed E-state index contributed by atoms with van der Waals surface area (Å²) in [6, 6.07) is 0. The van der Waals surface area contributed by atoms with E-state index < -0.39 is 7.26 Å². The van der Waals surface area contributed by atoms with Gasteiger partial charge in [0.15, 0.2) is 0 Å². The maximum absolute atomic E-state index is 2.36. The monoisotopic (exact) mass is 292 g/mol. The molecule has 1 aliphatic heterocycles. The third kappa shape index (κ3) is 7.34. The molecule has 2 heteroatoms. The van der Waals surface area contributed by atoms with Crippen molar-refractivity contribution in [2.45, 2.75) is 78.1 Å². The van der Waals surface area contributed by atoms with Crippen LogP contribution < -0.4 is 12.4 Å². The first-order valence-corrected chi connectivity index (χ1v) is 10.7. The molecule has 0 nitrogen and oxygen atoms in total. The van der Waals surface area contributed by atoms with E-state index >= 15 is 0 Å². The Labute approximate surface area is 122 Å². The second-order valence-electron chi connectivity index (χ2n) is 6.06. The smallest absolute Gasteiger partial charge is 0.0595 e. The van der Waals surface area contributed by atoms with Crippen LogP contribution in [-0.2, 0) is 0 Å². The molecule has 0 amide bonds. The van der Waals surface area contributed by atoms with Crippen LogP contribution in [0.15, 0.2) is 0 Å². The molecule has 0 atom stereocenters. The average molecular weight is 293 g/mol. The first-order chi connectivity index (χ1) is 8.33. The predicted molar refractivity (Wildman–Crippen MR) is 83.9 cm³/mol. The third-order valence-corrected chi connectivity index (χ3v) is 9.55. The highest BCUT2D eigenvalue weighted by Gasteiger charge is 2.39. The summed E-state index contributed by atoms with van der Waals surface area (Å²) < 4.78 is 0. The van der Waals surface area contributed by atoms with Gasteiger partial charge in [0.1, 0.15) is 0 Å². The van der Waals surface area contributed by atoms with Crippen LogP contribution >= 0.6 is 7.26 Å². The van der Waals surface area contributed by atoms with Crippen LogP contribution in [-0.4, -0.2) is 24.6 Å². The molecule has 0 aliphatic carbocycles. The lowest BCUT2D eigenvalue weighted by Gasteiger charge is -2.22. The van der Waals surface area contributed by atoms with Gasteiger partial charge in [-0.05, 0) is 32.1 Å². The molecular formula is C16H34ClP. The van der Waals surface area contributed by atoms with E-state index in [1.165, 1.54) is 44.9 Å². The highest BCUT2D eigenvalue weighted by Crippen LogP contribution is 2.64. The highest BCUT2D eigenvalue weighted by atomic mass is 35.5. The Morgan fingerprint density at radius 2 is 1.17 bits per heavy atom. The molecule has 0 aromatic heterocycles. The Kier molecular flexibility index (Phi) is 12.0. The van der Waals surface area contributed by atoms with E-state index in [-0.39, 0.29) is 12.4 Å². The van der Waals surface area contributed by atoms with Crippen LogP contribution in [0, 0.1) is 0 Å². The zero-order valence-electron chi connectivity index (χ0n) is 12.7. The van der Waals surface area contributed by atoms with Crippen molar-refractivity contribution >= 4 is 7.26 Å². The van der Waals surface area contributed by atoms with Crippen molar-refractivity contribution in [3.05, 3.63) is 0 Å². The zero-order valence-corrected chi connectivity index (χ0v) is 14.4. The van der Waals surface area contributed by atoms with Crippen molar-refractivity contribution in [3.63, 3.8) is 0 Å². The molecule has 110 valence electrons. The summed E-state index contributed by atoms with van der Waals surface area (Å²) in [6.45, 7) is 4.67. The van der Waals surface area contributed by atoms with E-state index in [1.807, 2.05) is 0 Å². The predicted octanol–water partition coefficient (Wildman–Crippen LogP) is 2.96. The fourth-order valence-electron chi connectivity index (χ4n) is 3.29. The fourth-order valence-corrected chi connectivity index (χ4v) is 8.30. The molecule has 0 spiro atoms. The summed E-state index contributed by atoms with van der Waals surface area (Å²) in [4.78, 5) is 0. The van der Waals surface area contributed by atoms with Crippen molar-refractivity contribution in [1.82, 2.24) is 0 Å². The summed E-state index contributed by atoms with van der Waals surface area (Å²) >= 11 is 0. The highest BCUT2D eigenvalue weighted by molar-refractivity contribution is 7.76. The van der Waals surface area contributed by atoms with E-state index in [1.54, 1.807) is 43.9 Å². The van der Waals surface area contributed by atoms with Crippen molar-refractivity contribution in [1.29, 1.82) is 0 Å². The quantitative estimate of drug-likeness (QED) is 0.429. The lowest BCUT2D eigenvalue weighted by atomic mass is 10.1. The van der Waals surface area contributed by atoms with Gasteiger partial charge in [0.25, 0.3) is 0 Å². The van der Waals surface area contributed by atoms with Crippen LogP contribution in [0.4, 0.5) is 0 Å². The molecule has 1 rings (SSSR count). The minimum absolute atomic E-state index is 0. The average Bonchev–Trinajstić information content (AvgIpc) is 2.80. The molecule has 0 aromatic rings. The van der Waals surface area contributed by atoms with E-state index in [2.05, 4.69) is 13.8 Å². The Morgan fingerprint density at radius 3 is 1.78 bits per heavy atom. The zero-order chi connectivity index (χ0) is 12.4. The molecular weight excluding hydrogens is 259 g/mol. The molecule has 18 heavy (non-hydrogen) atoms. The van der Waals surface area contributed by atoms with Gasteiger partial charge in [-0.3, -0.25) is 0 Å². The van der Waals surface area contributed by atoms with E-state index in [0.717, 1.165) is 0 Å². The fraction of sp³-hybridized carbons (Fsp3) is 1.00. The lowest BCUT2D eigenvalue weighted by Crippen LogP contribution is -3.00. The minimum Gasteiger partial charge on any atom is -1.00 e. The SMILES string of the molecule is CCCCCCCC[P+]1(CCCC)CCCC1.[Cl-]. The van der Waals surface area contributed by atoms with Gasteiger partial charge in [0.2, 0.25) is 0 Å². The summed E-state index contributed by atoms with van der Waals surface area (Å²) in [5.74, 6) is 0. The number of rotatable bonds is 10. The van der Waals surface area contributed by atoms with Gasteiger partial charge in [-0.1, -0.05) is 46.0 Å². The first-order valence-electron chi connectivity index (χ1n) is 8.18. The largest absolute Gasteiger partial charge is 1.00 e. The Bertz CT molecular complexity index is 176. The Balaban J connectivity index is 0.00000289. The minimum atomic E-state index is -0.419. The second kappa shape index (κ2) is 11.5. The number of halogens is 1. The first kappa shape index (κ1) is 18.7. The van der Waals surface area contributed by atoms with Crippen LogP contribution in [0.1, 0.15) is 78.1 Å². The molecule has 1 saturated heterocycles. The van der Waals surface area contributed by atoms with Gasteiger partial charge in [0, 0.05) is 7.26 Å². The number of hydrogen-bond acceptors (Lipinski definition) is 0. The molecule has 0 unspecified atom stereocenters. The van der Waals surface area contributed by atoms with Crippen molar-refractivity contribution in [2.75, 3.05) is 24.6 Å². The second-order valence-corrected chi connectivity index (χ2v) is 10.5. The molecule has 0 saturated carbocycles. The molecule has 0 aromatic carbocycles. The van der Waals surface area contributed by atoms with Crippen molar-refractivity contribution in [3.8, 4) is 0 Å². The maximum Gasteiger partial charge on any atom is 0.0595 e. The van der Waals surface area contributed by atoms with Crippen molar-refractivity contribution in [2.24, 2.45) is 0 Å². The molecule has 1 aliphatic rings. The van der Waals surface area contributed by atoms with E-state index in [9.17, 15) is 0 Å².